The highest BCUT2D eigenvalue weighted by Gasteiger charge is 2.39. The minimum atomic E-state index is 0.797. The zero-order chi connectivity index (χ0) is 11.0. The molecule has 2 saturated carbocycles. The summed E-state index contributed by atoms with van der Waals surface area (Å²) in [5, 5.41) is 3.70. The number of hydrogen-bond donors (Lipinski definition) is 1. The normalized spacial score (nSPS) is 39.8. The van der Waals surface area contributed by atoms with Crippen LogP contribution in [0.2, 0.25) is 0 Å². The third-order valence-electron chi connectivity index (χ3n) is 4.68. The molecule has 0 bridgehead atoms. The summed E-state index contributed by atoms with van der Waals surface area (Å²) >= 11 is 0. The van der Waals surface area contributed by atoms with Crippen LogP contribution in [-0.2, 0) is 0 Å². The molecule has 0 aromatic carbocycles. The van der Waals surface area contributed by atoms with Gasteiger partial charge in [-0.2, -0.15) is 0 Å². The predicted molar refractivity (Wildman–Crippen MR) is 67.6 cm³/mol. The van der Waals surface area contributed by atoms with Gasteiger partial charge in [0.25, 0.3) is 0 Å². The lowest BCUT2D eigenvalue weighted by molar-refractivity contribution is 0.0663. The molecular formula is C14H26N2. The second kappa shape index (κ2) is 4.66. The van der Waals surface area contributed by atoms with Crippen LogP contribution >= 0.6 is 0 Å². The molecule has 0 aromatic rings. The van der Waals surface area contributed by atoms with Crippen LogP contribution < -0.4 is 5.32 Å². The van der Waals surface area contributed by atoms with E-state index in [0.29, 0.717) is 0 Å². The van der Waals surface area contributed by atoms with Gasteiger partial charge in [-0.15, -0.1) is 0 Å². The van der Waals surface area contributed by atoms with Crippen molar-refractivity contribution in [3.63, 3.8) is 0 Å². The summed E-state index contributed by atoms with van der Waals surface area (Å²) in [7, 11) is 0. The Kier molecular flexibility index (Phi) is 3.21. The maximum Gasteiger partial charge on any atom is 0.0195 e. The highest BCUT2D eigenvalue weighted by atomic mass is 15.2. The van der Waals surface area contributed by atoms with Crippen LogP contribution in [0.5, 0.6) is 0 Å². The SMILES string of the molecule is CC1CC(N(CC2CCCCN2)C2CC2)C1. The van der Waals surface area contributed by atoms with Crippen molar-refractivity contribution < 1.29 is 0 Å². The zero-order valence-electron chi connectivity index (χ0n) is 10.6. The van der Waals surface area contributed by atoms with Gasteiger partial charge in [-0.05, 0) is 51.0 Å². The van der Waals surface area contributed by atoms with Crippen molar-refractivity contribution in [2.45, 2.75) is 70.0 Å². The topological polar surface area (TPSA) is 15.3 Å². The molecule has 1 saturated heterocycles. The molecule has 0 amide bonds. The Hall–Kier alpha value is -0.0800. The van der Waals surface area contributed by atoms with Gasteiger partial charge in [-0.1, -0.05) is 13.3 Å². The fraction of sp³-hybridized carbons (Fsp3) is 1.00. The fourth-order valence-corrected chi connectivity index (χ4v) is 3.47. The average Bonchev–Trinajstić information content (AvgIpc) is 3.07. The van der Waals surface area contributed by atoms with Gasteiger partial charge >= 0.3 is 0 Å². The van der Waals surface area contributed by atoms with E-state index in [9.17, 15) is 0 Å². The molecule has 0 spiro atoms. The van der Waals surface area contributed by atoms with Crippen molar-refractivity contribution in [2.24, 2.45) is 5.92 Å². The average molecular weight is 222 g/mol. The van der Waals surface area contributed by atoms with Gasteiger partial charge in [0.1, 0.15) is 0 Å². The Morgan fingerprint density at radius 1 is 1.06 bits per heavy atom. The molecule has 3 rings (SSSR count). The van der Waals surface area contributed by atoms with Crippen LogP contribution in [0.3, 0.4) is 0 Å². The first-order chi connectivity index (χ1) is 7.83. The molecule has 0 aromatic heterocycles. The fourth-order valence-electron chi connectivity index (χ4n) is 3.47. The van der Waals surface area contributed by atoms with E-state index in [2.05, 4.69) is 17.1 Å². The van der Waals surface area contributed by atoms with Gasteiger partial charge in [0.05, 0.1) is 0 Å². The van der Waals surface area contributed by atoms with E-state index >= 15 is 0 Å². The maximum atomic E-state index is 3.70. The summed E-state index contributed by atoms with van der Waals surface area (Å²) in [6.45, 7) is 4.99. The standard InChI is InChI=1S/C14H26N2/c1-11-8-14(9-11)16(13-5-6-13)10-12-4-2-3-7-15-12/h11-15H,2-10H2,1H3. The number of nitrogens with one attached hydrogen (secondary N) is 1. The monoisotopic (exact) mass is 222 g/mol. The molecule has 2 aliphatic carbocycles. The molecule has 2 heteroatoms. The molecule has 92 valence electrons. The van der Waals surface area contributed by atoms with Crippen molar-refractivity contribution in [3.05, 3.63) is 0 Å². The largest absolute Gasteiger partial charge is 0.313 e. The van der Waals surface area contributed by atoms with Gasteiger partial charge < -0.3 is 5.32 Å². The summed E-state index contributed by atoms with van der Waals surface area (Å²) in [5.41, 5.74) is 0. The third-order valence-corrected chi connectivity index (χ3v) is 4.68. The minimum Gasteiger partial charge on any atom is -0.313 e. The highest BCUT2D eigenvalue weighted by Crippen LogP contribution is 2.38. The molecule has 0 radical (unpaired) electrons. The molecule has 3 fully saturated rings. The van der Waals surface area contributed by atoms with Crippen LogP contribution in [0, 0.1) is 5.92 Å². The molecule has 1 aliphatic heterocycles. The summed E-state index contributed by atoms with van der Waals surface area (Å²) in [6.07, 6.45) is 10.1. The van der Waals surface area contributed by atoms with E-state index in [0.717, 1.165) is 24.0 Å². The lowest BCUT2D eigenvalue weighted by atomic mass is 9.80. The van der Waals surface area contributed by atoms with Gasteiger partial charge in [0.15, 0.2) is 0 Å². The third kappa shape index (κ3) is 2.43. The molecular weight excluding hydrogens is 196 g/mol. The lowest BCUT2D eigenvalue weighted by Gasteiger charge is -2.44. The molecule has 3 aliphatic rings. The quantitative estimate of drug-likeness (QED) is 0.786. The molecule has 1 N–H and O–H groups in total. The molecule has 1 unspecified atom stereocenters. The Morgan fingerprint density at radius 2 is 1.88 bits per heavy atom. The molecule has 16 heavy (non-hydrogen) atoms. The van der Waals surface area contributed by atoms with Gasteiger partial charge in [-0.25, -0.2) is 0 Å². The lowest BCUT2D eigenvalue weighted by Crippen LogP contribution is -2.51. The van der Waals surface area contributed by atoms with Crippen molar-refractivity contribution in [2.75, 3.05) is 13.1 Å². The number of piperidine rings is 1. The van der Waals surface area contributed by atoms with E-state index in [1.54, 1.807) is 0 Å². The van der Waals surface area contributed by atoms with E-state index in [1.807, 2.05) is 0 Å². The first-order valence-corrected chi connectivity index (χ1v) is 7.32. The van der Waals surface area contributed by atoms with E-state index in [-0.39, 0.29) is 0 Å². The molecule has 1 heterocycles. The van der Waals surface area contributed by atoms with Gasteiger partial charge in [-0.3, -0.25) is 4.90 Å². The Morgan fingerprint density at radius 3 is 2.44 bits per heavy atom. The Labute approximate surface area is 99.8 Å². The van der Waals surface area contributed by atoms with Crippen LogP contribution in [0.4, 0.5) is 0 Å². The van der Waals surface area contributed by atoms with Crippen LogP contribution in [0.1, 0.15) is 51.9 Å². The zero-order valence-corrected chi connectivity index (χ0v) is 10.6. The first kappa shape index (κ1) is 11.0. The summed E-state index contributed by atoms with van der Waals surface area (Å²) in [5.74, 6) is 0.991. The highest BCUT2D eigenvalue weighted by molar-refractivity contribution is 4.95. The van der Waals surface area contributed by atoms with Crippen LogP contribution in [0.25, 0.3) is 0 Å². The van der Waals surface area contributed by atoms with E-state index in [1.165, 1.54) is 58.0 Å². The van der Waals surface area contributed by atoms with Crippen LogP contribution in [-0.4, -0.2) is 36.1 Å². The smallest absolute Gasteiger partial charge is 0.0195 e. The Bertz CT molecular complexity index is 225. The van der Waals surface area contributed by atoms with Gasteiger partial charge in [0.2, 0.25) is 0 Å². The predicted octanol–water partition coefficient (Wildman–Crippen LogP) is 2.39. The number of nitrogens with zero attached hydrogens (tertiary/aromatic N) is 1. The minimum absolute atomic E-state index is 0.797. The van der Waals surface area contributed by atoms with E-state index < -0.39 is 0 Å². The van der Waals surface area contributed by atoms with Crippen molar-refractivity contribution >= 4 is 0 Å². The Balaban J connectivity index is 1.52. The number of rotatable bonds is 4. The summed E-state index contributed by atoms with van der Waals surface area (Å²) in [4.78, 5) is 2.85. The summed E-state index contributed by atoms with van der Waals surface area (Å²) < 4.78 is 0. The van der Waals surface area contributed by atoms with Crippen molar-refractivity contribution in [3.8, 4) is 0 Å². The second-order valence-electron chi connectivity index (χ2n) is 6.31. The second-order valence-corrected chi connectivity index (χ2v) is 6.31. The molecule has 1 atom stereocenters. The molecule has 2 nitrogen and oxygen atoms in total. The number of hydrogen-bond acceptors (Lipinski definition) is 2. The van der Waals surface area contributed by atoms with Gasteiger partial charge in [0, 0.05) is 24.7 Å². The first-order valence-electron chi connectivity index (χ1n) is 7.32. The van der Waals surface area contributed by atoms with E-state index in [4.69, 9.17) is 0 Å². The van der Waals surface area contributed by atoms with Crippen molar-refractivity contribution in [1.29, 1.82) is 0 Å². The van der Waals surface area contributed by atoms with Crippen LogP contribution in [0.15, 0.2) is 0 Å². The maximum absolute atomic E-state index is 3.70. The van der Waals surface area contributed by atoms with Crippen molar-refractivity contribution in [1.82, 2.24) is 10.2 Å². The summed E-state index contributed by atoms with van der Waals surface area (Å²) in [6, 6.07) is 2.69.